The second-order valence-corrected chi connectivity index (χ2v) is 5.66. The monoisotopic (exact) mass is 313 g/mol. The Kier molecular flexibility index (Phi) is 4.25. The Labute approximate surface area is 128 Å². The number of benzene rings is 1. The van der Waals surface area contributed by atoms with Crippen molar-refractivity contribution in [2.24, 2.45) is 7.05 Å². The van der Waals surface area contributed by atoms with Gasteiger partial charge in [-0.2, -0.15) is 0 Å². The van der Waals surface area contributed by atoms with Crippen LogP contribution in [0.4, 0.5) is 5.69 Å². The number of nitrogens with zero attached hydrogens (tertiary/aromatic N) is 3. The number of anilines is 1. The van der Waals surface area contributed by atoms with Gasteiger partial charge in [0.15, 0.2) is 0 Å². The Bertz CT molecular complexity index is 664. The Morgan fingerprint density at radius 3 is 2.60 bits per heavy atom. The van der Waals surface area contributed by atoms with Crippen LogP contribution in [0.3, 0.4) is 0 Å². The molecule has 0 fully saturated rings. The number of amides is 1. The van der Waals surface area contributed by atoms with E-state index >= 15 is 0 Å². The highest BCUT2D eigenvalue weighted by Gasteiger charge is 2.23. The Morgan fingerprint density at radius 2 is 2.05 bits per heavy atom. The molecule has 0 N–H and O–H groups in total. The van der Waals surface area contributed by atoms with E-state index in [1.165, 1.54) is 0 Å². The third-order valence-corrected chi connectivity index (χ3v) is 3.89. The van der Waals surface area contributed by atoms with Gasteiger partial charge in [0, 0.05) is 19.5 Å². The minimum Gasteiger partial charge on any atom is -0.316 e. The van der Waals surface area contributed by atoms with Crippen molar-refractivity contribution in [3.8, 4) is 0 Å². The standard InChI is InChI=1S/C14H17Cl2N3O/c1-5-11(20)19(8(2)3)10-7-6-9(15)12-13(10)18(4)14(16)17-12/h6-8H,5H2,1-4H3. The molecular weight excluding hydrogens is 297 g/mol. The second kappa shape index (κ2) is 5.62. The molecule has 0 unspecified atom stereocenters. The lowest BCUT2D eigenvalue weighted by Crippen LogP contribution is -2.36. The molecule has 1 heterocycles. The van der Waals surface area contributed by atoms with Gasteiger partial charge in [-0.3, -0.25) is 4.79 Å². The summed E-state index contributed by atoms with van der Waals surface area (Å²) < 4.78 is 1.75. The Hall–Kier alpha value is -1.26. The fourth-order valence-electron chi connectivity index (χ4n) is 2.31. The number of carbonyl (C=O) groups is 1. The van der Waals surface area contributed by atoms with Crippen molar-refractivity contribution in [2.75, 3.05) is 4.90 Å². The van der Waals surface area contributed by atoms with Crippen LogP contribution in [-0.2, 0) is 11.8 Å². The maximum Gasteiger partial charge on any atom is 0.227 e. The number of halogens is 2. The van der Waals surface area contributed by atoms with E-state index in [-0.39, 0.29) is 11.9 Å². The first-order valence-electron chi connectivity index (χ1n) is 6.51. The Balaban J connectivity index is 2.76. The van der Waals surface area contributed by atoms with E-state index in [0.29, 0.717) is 22.2 Å². The SMILES string of the molecule is CCC(=O)N(c1ccc(Cl)c2nc(Cl)n(C)c12)C(C)C. The molecule has 2 rings (SSSR count). The van der Waals surface area contributed by atoms with Crippen LogP contribution < -0.4 is 4.90 Å². The molecule has 1 amide bonds. The number of hydrogen-bond donors (Lipinski definition) is 0. The lowest BCUT2D eigenvalue weighted by atomic mass is 10.2. The first-order valence-corrected chi connectivity index (χ1v) is 7.26. The molecule has 0 bridgehead atoms. The van der Waals surface area contributed by atoms with Crippen LogP contribution >= 0.6 is 23.2 Å². The molecule has 1 aromatic heterocycles. The third-order valence-electron chi connectivity index (χ3n) is 3.24. The summed E-state index contributed by atoms with van der Waals surface area (Å²) in [6.45, 7) is 5.80. The first kappa shape index (κ1) is 15.1. The van der Waals surface area contributed by atoms with Gasteiger partial charge in [-0.15, -0.1) is 0 Å². The number of aromatic nitrogens is 2. The highest BCUT2D eigenvalue weighted by Crippen LogP contribution is 2.34. The van der Waals surface area contributed by atoms with Gasteiger partial charge >= 0.3 is 0 Å². The highest BCUT2D eigenvalue weighted by molar-refractivity contribution is 6.36. The van der Waals surface area contributed by atoms with Gasteiger partial charge in [0.05, 0.1) is 16.2 Å². The van der Waals surface area contributed by atoms with E-state index in [4.69, 9.17) is 23.2 Å². The minimum absolute atomic E-state index is 0.0421. The molecule has 0 atom stereocenters. The zero-order valence-corrected chi connectivity index (χ0v) is 13.5. The van der Waals surface area contributed by atoms with Gasteiger partial charge in [0.25, 0.3) is 0 Å². The van der Waals surface area contributed by atoms with Crippen molar-refractivity contribution < 1.29 is 4.79 Å². The van der Waals surface area contributed by atoms with E-state index in [0.717, 1.165) is 11.2 Å². The fourth-order valence-corrected chi connectivity index (χ4v) is 2.67. The number of carbonyl (C=O) groups excluding carboxylic acids is 1. The summed E-state index contributed by atoms with van der Waals surface area (Å²) in [6, 6.07) is 3.64. The minimum atomic E-state index is 0.0421. The molecule has 2 aromatic rings. The molecule has 6 heteroatoms. The quantitative estimate of drug-likeness (QED) is 0.858. The summed E-state index contributed by atoms with van der Waals surface area (Å²) in [6.07, 6.45) is 0.438. The summed E-state index contributed by atoms with van der Waals surface area (Å²) in [4.78, 5) is 18.2. The van der Waals surface area contributed by atoms with Crippen molar-refractivity contribution >= 4 is 45.8 Å². The Morgan fingerprint density at radius 1 is 1.40 bits per heavy atom. The van der Waals surface area contributed by atoms with E-state index < -0.39 is 0 Å². The maximum atomic E-state index is 12.2. The van der Waals surface area contributed by atoms with Crippen molar-refractivity contribution in [1.82, 2.24) is 9.55 Å². The predicted octanol–water partition coefficient (Wildman–Crippen LogP) is 4.03. The van der Waals surface area contributed by atoms with Crippen molar-refractivity contribution in [3.63, 3.8) is 0 Å². The lowest BCUT2D eigenvalue weighted by Gasteiger charge is -2.27. The van der Waals surface area contributed by atoms with Crippen molar-refractivity contribution in [3.05, 3.63) is 22.4 Å². The molecule has 0 spiro atoms. The van der Waals surface area contributed by atoms with Gasteiger partial charge in [-0.25, -0.2) is 4.98 Å². The summed E-state index contributed by atoms with van der Waals surface area (Å²) in [5.74, 6) is 0.0564. The predicted molar refractivity (Wildman–Crippen MR) is 83.6 cm³/mol. The second-order valence-electron chi connectivity index (χ2n) is 4.91. The van der Waals surface area contributed by atoms with Gasteiger partial charge in [0.2, 0.25) is 11.2 Å². The van der Waals surface area contributed by atoms with Crippen LogP contribution in [0.5, 0.6) is 0 Å². The zero-order valence-electron chi connectivity index (χ0n) is 11.9. The van der Waals surface area contributed by atoms with Crippen molar-refractivity contribution in [1.29, 1.82) is 0 Å². The number of fused-ring (bicyclic) bond motifs is 1. The average molecular weight is 314 g/mol. The third kappa shape index (κ3) is 2.38. The van der Waals surface area contributed by atoms with E-state index in [2.05, 4.69) is 4.98 Å². The van der Waals surface area contributed by atoms with Crippen LogP contribution in [0.1, 0.15) is 27.2 Å². The molecule has 0 aliphatic rings. The summed E-state index contributed by atoms with van der Waals surface area (Å²) in [5, 5.41) is 0.876. The van der Waals surface area contributed by atoms with Crippen LogP contribution in [0.15, 0.2) is 12.1 Å². The molecular formula is C14H17Cl2N3O. The molecule has 108 valence electrons. The molecule has 1 aromatic carbocycles. The number of aryl methyl sites for hydroxylation is 1. The fraction of sp³-hybridized carbons (Fsp3) is 0.429. The number of imidazole rings is 1. The maximum absolute atomic E-state index is 12.2. The zero-order chi connectivity index (χ0) is 15.0. The number of hydrogen-bond acceptors (Lipinski definition) is 2. The van der Waals surface area contributed by atoms with E-state index in [9.17, 15) is 4.79 Å². The first-order chi connectivity index (χ1) is 9.38. The molecule has 20 heavy (non-hydrogen) atoms. The van der Waals surface area contributed by atoms with E-state index in [1.54, 1.807) is 15.5 Å². The summed E-state index contributed by atoms with van der Waals surface area (Å²) in [5.41, 5.74) is 2.18. The summed E-state index contributed by atoms with van der Waals surface area (Å²) in [7, 11) is 1.81. The number of rotatable bonds is 3. The molecule has 0 saturated heterocycles. The highest BCUT2D eigenvalue weighted by atomic mass is 35.5. The molecule has 0 aliphatic carbocycles. The molecule has 0 radical (unpaired) electrons. The van der Waals surface area contributed by atoms with Crippen LogP contribution in [-0.4, -0.2) is 21.5 Å². The smallest absolute Gasteiger partial charge is 0.227 e. The average Bonchev–Trinajstić information content (AvgIpc) is 2.70. The van der Waals surface area contributed by atoms with Gasteiger partial charge in [-0.1, -0.05) is 18.5 Å². The van der Waals surface area contributed by atoms with Gasteiger partial charge in [0.1, 0.15) is 5.52 Å². The molecule has 0 saturated carbocycles. The van der Waals surface area contributed by atoms with Crippen LogP contribution in [0.2, 0.25) is 10.3 Å². The molecule has 0 aliphatic heterocycles. The summed E-state index contributed by atoms with van der Waals surface area (Å²) >= 11 is 12.3. The largest absolute Gasteiger partial charge is 0.316 e. The molecule has 4 nitrogen and oxygen atoms in total. The normalized spacial score (nSPS) is 11.3. The van der Waals surface area contributed by atoms with Crippen molar-refractivity contribution in [2.45, 2.75) is 33.2 Å². The van der Waals surface area contributed by atoms with Crippen LogP contribution in [0.25, 0.3) is 11.0 Å². The van der Waals surface area contributed by atoms with Gasteiger partial charge in [-0.05, 0) is 37.6 Å². The van der Waals surface area contributed by atoms with Gasteiger partial charge < -0.3 is 9.47 Å². The van der Waals surface area contributed by atoms with Crippen LogP contribution in [0, 0.1) is 0 Å². The lowest BCUT2D eigenvalue weighted by molar-refractivity contribution is -0.118. The van der Waals surface area contributed by atoms with E-state index in [1.807, 2.05) is 33.9 Å². The topological polar surface area (TPSA) is 38.1 Å².